The molecule has 0 fully saturated rings. The second-order valence-electron chi connectivity index (χ2n) is 6.49. The van der Waals surface area contributed by atoms with Crippen molar-refractivity contribution in [2.24, 2.45) is 5.10 Å². The summed E-state index contributed by atoms with van der Waals surface area (Å²) in [6.45, 7) is 0.515. The molecule has 0 saturated heterocycles. The molecule has 0 spiro atoms. The van der Waals surface area contributed by atoms with Gasteiger partial charge in [-0.2, -0.15) is 5.10 Å². The maximum Gasteiger partial charge on any atom is 0.329 e. The minimum atomic E-state index is -0.871. The molecule has 0 atom stereocenters. The second-order valence-corrected chi connectivity index (χ2v) is 6.93. The molecule has 31 heavy (non-hydrogen) atoms. The Morgan fingerprint density at radius 3 is 2.23 bits per heavy atom. The van der Waals surface area contributed by atoms with E-state index in [0.717, 1.165) is 11.1 Å². The number of ether oxygens (including phenoxy) is 1. The van der Waals surface area contributed by atoms with Gasteiger partial charge < -0.3 is 10.1 Å². The van der Waals surface area contributed by atoms with E-state index in [1.54, 1.807) is 60.7 Å². The van der Waals surface area contributed by atoms with E-state index in [4.69, 9.17) is 16.3 Å². The van der Waals surface area contributed by atoms with Crippen LogP contribution in [0.5, 0.6) is 5.75 Å². The van der Waals surface area contributed by atoms with Gasteiger partial charge in [0, 0.05) is 11.6 Å². The van der Waals surface area contributed by atoms with Crippen LogP contribution in [0.1, 0.15) is 16.7 Å². The van der Waals surface area contributed by atoms with Crippen LogP contribution in [0.4, 0.5) is 4.39 Å². The van der Waals surface area contributed by atoms with E-state index < -0.39 is 11.8 Å². The monoisotopic (exact) mass is 439 g/mol. The molecule has 0 aliphatic rings. The lowest BCUT2D eigenvalue weighted by atomic mass is 10.2. The van der Waals surface area contributed by atoms with E-state index in [9.17, 15) is 14.0 Å². The summed E-state index contributed by atoms with van der Waals surface area (Å²) >= 11 is 5.80. The van der Waals surface area contributed by atoms with Gasteiger partial charge in [-0.1, -0.05) is 35.9 Å². The molecule has 0 aliphatic carbocycles. The first-order chi connectivity index (χ1) is 15.0. The van der Waals surface area contributed by atoms with Gasteiger partial charge in [0.25, 0.3) is 0 Å². The lowest BCUT2D eigenvalue weighted by molar-refractivity contribution is -0.139. The van der Waals surface area contributed by atoms with Crippen molar-refractivity contribution in [1.29, 1.82) is 0 Å². The Bertz CT molecular complexity index is 1050. The molecule has 0 saturated carbocycles. The SMILES string of the molecule is O=C(NCc1ccc(Cl)cc1)C(=O)N/N=C\c1ccc(OCc2ccc(F)cc2)cc1. The van der Waals surface area contributed by atoms with Crippen molar-refractivity contribution in [3.63, 3.8) is 0 Å². The third-order valence-electron chi connectivity index (χ3n) is 4.15. The fraction of sp³-hybridized carbons (Fsp3) is 0.0870. The average Bonchev–Trinajstić information content (AvgIpc) is 2.79. The van der Waals surface area contributed by atoms with Crippen molar-refractivity contribution in [2.45, 2.75) is 13.2 Å². The fourth-order valence-electron chi connectivity index (χ4n) is 2.48. The highest BCUT2D eigenvalue weighted by molar-refractivity contribution is 6.35. The average molecular weight is 440 g/mol. The van der Waals surface area contributed by atoms with Gasteiger partial charge in [0.1, 0.15) is 18.2 Å². The van der Waals surface area contributed by atoms with Crippen LogP contribution in [-0.4, -0.2) is 18.0 Å². The molecule has 0 aromatic heterocycles. The summed E-state index contributed by atoms with van der Waals surface area (Å²) in [5, 5.41) is 6.87. The maximum atomic E-state index is 12.9. The van der Waals surface area contributed by atoms with E-state index in [1.165, 1.54) is 18.3 Å². The predicted molar refractivity (Wildman–Crippen MR) is 116 cm³/mol. The Balaban J connectivity index is 1.42. The van der Waals surface area contributed by atoms with Crippen LogP contribution in [0.2, 0.25) is 5.02 Å². The van der Waals surface area contributed by atoms with Crippen LogP contribution in [-0.2, 0) is 22.7 Å². The first-order valence-electron chi connectivity index (χ1n) is 9.32. The van der Waals surface area contributed by atoms with Gasteiger partial charge in [-0.25, -0.2) is 9.82 Å². The van der Waals surface area contributed by atoms with Crippen LogP contribution < -0.4 is 15.5 Å². The summed E-state index contributed by atoms with van der Waals surface area (Å²) in [4.78, 5) is 23.6. The summed E-state index contributed by atoms with van der Waals surface area (Å²) in [5.74, 6) is -1.33. The van der Waals surface area contributed by atoms with E-state index in [-0.39, 0.29) is 12.4 Å². The van der Waals surface area contributed by atoms with Crippen molar-refractivity contribution in [3.8, 4) is 5.75 Å². The standard InChI is InChI=1S/C23H19ClFN3O3/c24-19-7-1-16(2-8-19)13-26-22(29)23(30)28-27-14-17-5-11-21(12-6-17)31-15-18-3-9-20(25)10-4-18/h1-12,14H,13,15H2,(H,26,29)(H,28,30)/b27-14-. The number of nitrogens with zero attached hydrogens (tertiary/aromatic N) is 1. The van der Waals surface area contributed by atoms with Gasteiger partial charge in [-0.15, -0.1) is 0 Å². The molecule has 3 rings (SSSR count). The number of benzene rings is 3. The summed E-state index contributed by atoms with van der Waals surface area (Å²) < 4.78 is 18.5. The molecule has 3 aromatic rings. The molecule has 8 heteroatoms. The fourth-order valence-corrected chi connectivity index (χ4v) is 2.60. The lowest BCUT2D eigenvalue weighted by Gasteiger charge is -2.06. The van der Waals surface area contributed by atoms with Crippen molar-refractivity contribution < 1.29 is 18.7 Å². The third kappa shape index (κ3) is 7.24. The van der Waals surface area contributed by atoms with Gasteiger partial charge in [0.05, 0.1) is 6.21 Å². The molecule has 0 unspecified atom stereocenters. The van der Waals surface area contributed by atoms with Gasteiger partial charge in [-0.3, -0.25) is 9.59 Å². The zero-order chi connectivity index (χ0) is 22.1. The van der Waals surface area contributed by atoms with E-state index in [2.05, 4.69) is 15.8 Å². The number of amides is 2. The smallest absolute Gasteiger partial charge is 0.329 e. The number of hydrogen-bond donors (Lipinski definition) is 2. The molecule has 3 aromatic carbocycles. The Morgan fingerprint density at radius 2 is 1.55 bits per heavy atom. The molecule has 2 amide bonds. The highest BCUT2D eigenvalue weighted by Crippen LogP contribution is 2.14. The zero-order valence-electron chi connectivity index (χ0n) is 16.3. The summed E-state index contributed by atoms with van der Waals surface area (Å²) in [7, 11) is 0. The second kappa shape index (κ2) is 10.9. The summed E-state index contributed by atoms with van der Waals surface area (Å²) in [6.07, 6.45) is 1.41. The minimum absolute atomic E-state index is 0.201. The lowest BCUT2D eigenvalue weighted by Crippen LogP contribution is -2.37. The van der Waals surface area contributed by atoms with E-state index >= 15 is 0 Å². The summed E-state index contributed by atoms with van der Waals surface area (Å²) in [5.41, 5.74) is 4.55. The summed E-state index contributed by atoms with van der Waals surface area (Å²) in [6, 6.07) is 20.0. The molecule has 158 valence electrons. The quantitative estimate of drug-likeness (QED) is 0.333. The molecule has 2 N–H and O–H groups in total. The number of nitrogens with one attached hydrogen (secondary N) is 2. The Labute approximate surface area is 183 Å². The topological polar surface area (TPSA) is 79.8 Å². The highest BCUT2D eigenvalue weighted by atomic mass is 35.5. The van der Waals surface area contributed by atoms with Gasteiger partial charge in [-0.05, 0) is 65.2 Å². The third-order valence-corrected chi connectivity index (χ3v) is 4.40. The van der Waals surface area contributed by atoms with Crippen LogP contribution in [0.25, 0.3) is 0 Å². The van der Waals surface area contributed by atoms with Crippen LogP contribution in [0, 0.1) is 5.82 Å². The molecule has 0 radical (unpaired) electrons. The predicted octanol–water partition coefficient (Wildman–Crippen LogP) is 3.82. The zero-order valence-corrected chi connectivity index (χ0v) is 17.1. The van der Waals surface area contributed by atoms with Gasteiger partial charge in [0.2, 0.25) is 0 Å². The first kappa shape index (κ1) is 22.0. The molecular weight excluding hydrogens is 421 g/mol. The van der Waals surface area contributed by atoms with Gasteiger partial charge in [0.15, 0.2) is 0 Å². The van der Waals surface area contributed by atoms with E-state index in [0.29, 0.717) is 22.9 Å². The van der Waals surface area contributed by atoms with Crippen molar-refractivity contribution in [3.05, 3.63) is 100 Å². The Kier molecular flexibility index (Phi) is 7.73. The molecule has 0 bridgehead atoms. The molecule has 0 aliphatic heterocycles. The number of carbonyl (C=O) groups excluding carboxylic acids is 2. The van der Waals surface area contributed by atoms with Gasteiger partial charge >= 0.3 is 11.8 Å². The highest BCUT2D eigenvalue weighted by Gasteiger charge is 2.11. The number of hydrogen-bond acceptors (Lipinski definition) is 4. The Hall–Kier alpha value is -3.71. The van der Waals surface area contributed by atoms with Crippen LogP contribution in [0.15, 0.2) is 77.9 Å². The van der Waals surface area contributed by atoms with Crippen LogP contribution in [0.3, 0.4) is 0 Å². The number of rotatable bonds is 7. The van der Waals surface area contributed by atoms with Crippen molar-refractivity contribution in [1.82, 2.24) is 10.7 Å². The van der Waals surface area contributed by atoms with Crippen molar-refractivity contribution >= 4 is 29.6 Å². The minimum Gasteiger partial charge on any atom is -0.489 e. The molecule has 6 nitrogen and oxygen atoms in total. The number of carbonyl (C=O) groups is 2. The Morgan fingerprint density at radius 1 is 0.903 bits per heavy atom. The van der Waals surface area contributed by atoms with Crippen molar-refractivity contribution in [2.75, 3.05) is 0 Å². The normalized spacial score (nSPS) is 10.6. The first-order valence-corrected chi connectivity index (χ1v) is 9.70. The van der Waals surface area contributed by atoms with E-state index in [1.807, 2.05) is 0 Å². The largest absolute Gasteiger partial charge is 0.489 e. The number of hydrazone groups is 1. The van der Waals surface area contributed by atoms with Crippen LogP contribution >= 0.6 is 11.6 Å². The number of halogens is 2. The molecular formula is C23H19ClFN3O3. The maximum absolute atomic E-state index is 12.9. The molecule has 0 heterocycles.